The third kappa shape index (κ3) is 5.23. The lowest BCUT2D eigenvalue weighted by Crippen LogP contribution is -2.40. The van der Waals surface area contributed by atoms with Gasteiger partial charge in [-0.3, -0.25) is 9.36 Å². The number of urea groups is 1. The molecule has 35 heavy (non-hydrogen) atoms. The van der Waals surface area contributed by atoms with Gasteiger partial charge in [0.05, 0.1) is 27.7 Å². The summed E-state index contributed by atoms with van der Waals surface area (Å²) in [6, 6.07) is 17.4. The predicted molar refractivity (Wildman–Crippen MR) is 141 cm³/mol. The maximum absolute atomic E-state index is 13.9. The SMILES string of the molecule is CCCN(C(=O)Nc1cccc(Br)c1)C(C)c1nc2ccccc2c(=O)n1-c1ccc(F)c(Cl)c1. The van der Waals surface area contributed by atoms with Gasteiger partial charge in [-0.15, -0.1) is 0 Å². The van der Waals surface area contributed by atoms with E-state index >= 15 is 0 Å². The van der Waals surface area contributed by atoms with Gasteiger partial charge in [-0.2, -0.15) is 0 Å². The van der Waals surface area contributed by atoms with E-state index in [1.807, 2.05) is 26.0 Å². The first kappa shape index (κ1) is 24.9. The van der Waals surface area contributed by atoms with Crippen LogP contribution < -0.4 is 10.9 Å². The quantitative estimate of drug-likeness (QED) is 0.279. The fraction of sp³-hybridized carbons (Fsp3) is 0.192. The Hall–Kier alpha value is -3.23. The number of halogens is 3. The number of nitrogens with one attached hydrogen (secondary N) is 1. The Morgan fingerprint density at radius 1 is 1.17 bits per heavy atom. The van der Waals surface area contributed by atoms with Crippen LogP contribution in [-0.2, 0) is 0 Å². The molecule has 0 saturated heterocycles. The van der Waals surface area contributed by atoms with Crippen LogP contribution in [-0.4, -0.2) is 27.0 Å². The summed E-state index contributed by atoms with van der Waals surface area (Å²) >= 11 is 9.46. The molecule has 0 spiro atoms. The van der Waals surface area contributed by atoms with E-state index < -0.39 is 11.9 Å². The first-order chi connectivity index (χ1) is 16.8. The molecule has 0 fully saturated rings. The summed E-state index contributed by atoms with van der Waals surface area (Å²) in [6.45, 7) is 4.20. The van der Waals surface area contributed by atoms with E-state index in [1.54, 1.807) is 41.3 Å². The third-order valence-electron chi connectivity index (χ3n) is 5.61. The van der Waals surface area contributed by atoms with Crippen LogP contribution >= 0.6 is 27.5 Å². The number of hydrogen-bond acceptors (Lipinski definition) is 3. The van der Waals surface area contributed by atoms with Crippen molar-refractivity contribution in [1.82, 2.24) is 14.5 Å². The lowest BCUT2D eigenvalue weighted by atomic mass is 10.1. The maximum Gasteiger partial charge on any atom is 0.322 e. The minimum atomic E-state index is -0.594. The zero-order chi connectivity index (χ0) is 25.1. The molecule has 1 unspecified atom stereocenters. The van der Waals surface area contributed by atoms with Crippen molar-refractivity contribution in [3.05, 3.63) is 98.2 Å². The molecular weight excluding hydrogens is 535 g/mol. The number of carbonyl (C=O) groups is 1. The average molecular weight is 558 g/mol. The lowest BCUT2D eigenvalue weighted by molar-refractivity contribution is 0.189. The molecule has 0 aliphatic carbocycles. The summed E-state index contributed by atoms with van der Waals surface area (Å²) < 4.78 is 16.1. The monoisotopic (exact) mass is 556 g/mol. The van der Waals surface area contributed by atoms with Gasteiger partial charge in [-0.25, -0.2) is 14.2 Å². The smallest absolute Gasteiger partial charge is 0.315 e. The molecule has 180 valence electrons. The van der Waals surface area contributed by atoms with Crippen molar-refractivity contribution in [3.63, 3.8) is 0 Å². The van der Waals surface area contributed by atoms with Gasteiger partial charge in [0, 0.05) is 16.7 Å². The van der Waals surface area contributed by atoms with Crippen LogP contribution in [0.15, 0.2) is 76.0 Å². The van der Waals surface area contributed by atoms with Crippen molar-refractivity contribution in [2.24, 2.45) is 0 Å². The molecule has 0 aliphatic heterocycles. The molecule has 1 aromatic heterocycles. The molecule has 4 aromatic rings. The normalized spacial score (nSPS) is 11.9. The second-order valence-corrected chi connectivity index (χ2v) is 9.36. The van der Waals surface area contributed by atoms with Gasteiger partial charge in [0.1, 0.15) is 11.6 Å². The van der Waals surface area contributed by atoms with Crippen molar-refractivity contribution in [2.45, 2.75) is 26.3 Å². The zero-order valence-corrected chi connectivity index (χ0v) is 21.5. The Kier molecular flexibility index (Phi) is 7.52. The fourth-order valence-corrected chi connectivity index (χ4v) is 4.49. The molecule has 0 saturated carbocycles. The number of nitrogens with zero attached hydrogens (tertiary/aromatic N) is 3. The summed E-state index contributed by atoms with van der Waals surface area (Å²) in [7, 11) is 0. The molecule has 0 radical (unpaired) electrons. The van der Waals surface area contributed by atoms with Crippen LogP contribution in [0.2, 0.25) is 5.02 Å². The van der Waals surface area contributed by atoms with E-state index in [0.717, 1.165) is 4.47 Å². The summed E-state index contributed by atoms with van der Waals surface area (Å²) in [4.78, 5) is 33.3. The highest BCUT2D eigenvalue weighted by atomic mass is 79.9. The van der Waals surface area contributed by atoms with Crippen LogP contribution in [0.1, 0.15) is 32.1 Å². The number of rotatable bonds is 6. The first-order valence-electron chi connectivity index (χ1n) is 11.1. The van der Waals surface area contributed by atoms with Crippen LogP contribution in [0.25, 0.3) is 16.6 Å². The topological polar surface area (TPSA) is 67.2 Å². The molecule has 1 heterocycles. The first-order valence-corrected chi connectivity index (χ1v) is 12.3. The molecule has 9 heteroatoms. The zero-order valence-electron chi connectivity index (χ0n) is 19.1. The van der Waals surface area contributed by atoms with Crippen LogP contribution in [0, 0.1) is 5.82 Å². The number of anilines is 1. The standard InChI is InChI=1S/C26H23BrClFN4O2/c1-3-13-32(26(35)30-18-8-6-7-17(27)14-18)16(2)24-31-23-10-5-4-9-20(23)25(34)33(24)19-11-12-22(29)21(28)15-19/h4-12,14-16H,3,13H2,1-2H3,(H,30,35). The molecule has 4 rings (SSSR count). The van der Waals surface area contributed by atoms with Crippen molar-refractivity contribution < 1.29 is 9.18 Å². The molecule has 2 amide bonds. The van der Waals surface area contributed by atoms with Crippen molar-refractivity contribution in [2.75, 3.05) is 11.9 Å². The second-order valence-electron chi connectivity index (χ2n) is 8.04. The summed E-state index contributed by atoms with van der Waals surface area (Å²) in [5.74, 6) is -0.248. The summed E-state index contributed by atoms with van der Waals surface area (Å²) in [6.07, 6.45) is 0.691. The highest BCUT2D eigenvalue weighted by molar-refractivity contribution is 9.10. The molecular formula is C26H23BrClFN4O2. The highest BCUT2D eigenvalue weighted by Crippen LogP contribution is 2.26. The highest BCUT2D eigenvalue weighted by Gasteiger charge is 2.27. The number of carbonyl (C=O) groups excluding carboxylic acids is 1. The Bertz CT molecular complexity index is 1460. The van der Waals surface area contributed by atoms with Gasteiger partial charge < -0.3 is 10.2 Å². The van der Waals surface area contributed by atoms with Gasteiger partial charge in [0.2, 0.25) is 0 Å². The Morgan fingerprint density at radius 3 is 2.66 bits per heavy atom. The van der Waals surface area contributed by atoms with Gasteiger partial charge in [-0.05, 0) is 61.9 Å². The number of para-hydroxylation sites is 1. The largest absolute Gasteiger partial charge is 0.322 e. The number of fused-ring (bicyclic) bond motifs is 1. The van der Waals surface area contributed by atoms with Gasteiger partial charge in [-0.1, -0.05) is 52.7 Å². The predicted octanol–water partition coefficient (Wildman–Crippen LogP) is 6.95. The van der Waals surface area contributed by atoms with Crippen molar-refractivity contribution in [3.8, 4) is 5.69 Å². The van der Waals surface area contributed by atoms with Gasteiger partial charge in [0.25, 0.3) is 5.56 Å². The molecule has 1 atom stereocenters. The lowest BCUT2D eigenvalue weighted by Gasteiger charge is -2.30. The van der Waals surface area contributed by atoms with Crippen molar-refractivity contribution in [1.29, 1.82) is 0 Å². The number of amides is 2. The Labute approximate surface area is 215 Å². The maximum atomic E-state index is 13.9. The fourth-order valence-electron chi connectivity index (χ4n) is 3.92. The van der Waals surface area contributed by atoms with Gasteiger partial charge >= 0.3 is 6.03 Å². The van der Waals surface area contributed by atoms with Crippen LogP contribution in [0.4, 0.5) is 14.9 Å². The van der Waals surface area contributed by atoms with Crippen LogP contribution in [0.3, 0.4) is 0 Å². The van der Waals surface area contributed by atoms with E-state index in [-0.39, 0.29) is 16.6 Å². The molecule has 0 aliphatic rings. The van der Waals surface area contributed by atoms with E-state index in [1.165, 1.54) is 22.8 Å². The van der Waals surface area contributed by atoms with Gasteiger partial charge in [0.15, 0.2) is 0 Å². The van der Waals surface area contributed by atoms with E-state index in [2.05, 4.69) is 21.2 Å². The van der Waals surface area contributed by atoms with E-state index in [9.17, 15) is 14.0 Å². The Morgan fingerprint density at radius 2 is 1.94 bits per heavy atom. The average Bonchev–Trinajstić information content (AvgIpc) is 2.84. The summed E-state index contributed by atoms with van der Waals surface area (Å²) in [5, 5.41) is 3.21. The number of benzene rings is 3. The summed E-state index contributed by atoms with van der Waals surface area (Å²) in [5.41, 5.74) is 1.17. The number of hydrogen-bond donors (Lipinski definition) is 1. The minimum absolute atomic E-state index is 0.112. The molecule has 1 N–H and O–H groups in total. The minimum Gasteiger partial charge on any atom is -0.315 e. The molecule has 0 bridgehead atoms. The molecule has 6 nitrogen and oxygen atoms in total. The van der Waals surface area contributed by atoms with E-state index in [4.69, 9.17) is 16.6 Å². The van der Waals surface area contributed by atoms with E-state index in [0.29, 0.717) is 41.1 Å². The number of aromatic nitrogens is 2. The Balaban J connectivity index is 1.84. The second kappa shape index (κ2) is 10.6. The van der Waals surface area contributed by atoms with Crippen molar-refractivity contribution >= 4 is 50.2 Å². The third-order valence-corrected chi connectivity index (χ3v) is 6.39. The molecule has 3 aromatic carbocycles. The van der Waals surface area contributed by atoms with Crippen LogP contribution in [0.5, 0.6) is 0 Å².